The lowest BCUT2D eigenvalue weighted by Crippen LogP contribution is -2.44. The molecular weight excluding hydrogens is 216 g/mol. The van der Waals surface area contributed by atoms with Crippen molar-refractivity contribution in [2.24, 2.45) is 0 Å². The molecule has 0 aliphatic rings. The van der Waals surface area contributed by atoms with E-state index in [0.717, 1.165) is 0 Å². The molecule has 0 N–H and O–H groups in total. The molecular formula is C10H18O6. The average Bonchev–Trinajstić information content (AvgIpc) is 2.25. The largest absolute Gasteiger partial charge is 0.464 e. The van der Waals surface area contributed by atoms with Gasteiger partial charge in [0.05, 0.1) is 13.2 Å². The molecule has 0 aliphatic carbocycles. The van der Waals surface area contributed by atoms with Crippen LogP contribution in [0.25, 0.3) is 0 Å². The molecule has 0 aromatic carbocycles. The first kappa shape index (κ1) is 14.9. The lowest BCUT2D eigenvalue weighted by Gasteiger charge is -2.21. The predicted molar refractivity (Wildman–Crippen MR) is 54.9 cm³/mol. The van der Waals surface area contributed by atoms with E-state index in [1.807, 2.05) is 0 Å². The summed E-state index contributed by atoms with van der Waals surface area (Å²) in [7, 11) is 2.60. The number of hydrogen-bond donors (Lipinski definition) is 0. The molecule has 0 saturated heterocycles. The van der Waals surface area contributed by atoms with Crippen LogP contribution in [0.15, 0.2) is 0 Å². The molecule has 6 heteroatoms. The van der Waals surface area contributed by atoms with E-state index >= 15 is 0 Å². The lowest BCUT2D eigenvalue weighted by atomic mass is 10.2. The number of rotatable bonds is 7. The monoisotopic (exact) mass is 234 g/mol. The molecule has 0 unspecified atom stereocenters. The standard InChI is InChI=1S/C10H18O6/c1-5-15-9(11)7(13-3)8(14-4)10(12)16-6-2/h7-8H,5-6H2,1-4H3/t7-,8-/m1/s1. The minimum atomic E-state index is -1.11. The number of hydrogen-bond acceptors (Lipinski definition) is 6. The normalized spacial score (nSPS) is 14.0. The molecule has 0 radical (unpaired) electrons. The second kappa shape index (κ2) is 8.06. The first-order valence-corrected chi connectivity index (χ1v) is 5.01. The fourth-order valence-electron chi connectivity index (χ4n) is 1.14. The molecule has 0 aromatic heterocycles. The Bertz CT molecular complexity index is 203. The van der Waals surface area contributed by atoms with Crippen molar-refractivity contribution in [3.05, 3.63) is 0 Å². The molecule has 0 aromatic rings. The average molecular weight is 234 g/mol. The van der Waals surface area contributed by atoms with Crippen molar-refractivity contribution in [3.8, 4) is 0 Å². The van der Waals surface area contributed by atoms with Gasteiger partial charge in [-0.2, -0.15) is 0 Å². The molecule has 0 aliphatic heterocycles. The van der Waals surface area contributed by atoms with Crippen LogP contribution in [0.3, 0.4) is 0 Å². The molecule has 0 bridgehead atoms. The van der Waals surface area contributed by atoms with Gasteiger partial charge in [0, 0.05) is 14.2 Å². The summed E-state index contributed by atoms with van der Waals surface area (Å²) in [5, 5.41) is 0. The van der Waals surface area contributed by atoms with E-state index in [4.69, 9.17) is 18.9 Å². The van der Waals surface area contributed by atoms with Gasteiger partial charge in [0.2, 0.25) is 0 Å². The van der Waals surface area contributed by atoms with Crippen molar-refractivity contribution in [1.82, 2.24) is 0 Å². The second-order valence-corrected chi connectivity index (χ2v) is 2.82. The van der Waals surface area contributed by atoms with Gasteiger partial charge in [0.25, 0.3) is 0 Å². The van der Waals surface area contributed by atoms with Crippen LogP contribution in [-0.2, 0) is 28.5 Å². The maximum absolute atomic E-state index is 11.4. The van der Waals surface area contributed by atoms with Crippen LogP contribution in [0.4, 0.5) is 0 Å². The molecule has 6 nitrogen and oxygen atoms in total. The third-order valence-corrected chi connectivity index (χ3v) is 1.82. The maximum Gasteiger partial charge on any atom is 0.338 e. The van der Waals surface area contributed by atoms with E-state index < -0.39 is 24.1 Å². The molecule has 0 heterocycles. The van der Waals surface area contributed by atoms with Gasteiger partial charge in [-0.15, -0.1) is 0 Å². The topological polar surface area (TPSA) is 71.1 Å². The van der Waals surface area contributed by atoms with E-state index in [1.165, 1.54) is 14.2 Å². The lowest BCUT2D eigenvalue weighted by molar-refractivity contribution is -0.177. The van der Waals surface area contributed by atoms with E-state index in [-0.39, 0.29) is 13.2 Å². The number of methoxy groups -OCH3 is 2. The van der Waals surface area contributed by atoms with E-state index in [1.54, 1.807) is 13.8 Å². The van der Waals surface area contributed by atoms with Crippen molar-refractivity contribution < 1.29 is 28.5 Å². The molecule has 0 saturated carbocycles. The minimum absolute atomic E-state index is 0.206. The Kier molecular flexibility index (Phi) is 7.49. The van der Waals surface area contributed by atoms with Crippen molar-refractivity contribution in [2.75, 3.05) is 27.4 Å². The maximum atomic E-state index is 11.4. The Hall–Kier alpha value is -1.14. The van der Waals surface area contributed by atoms with Crippen LogP contribution in [0, 0.1) is 0 Å². The smallest absolute Gasteiger partial charge is 0.338 e. The number of esters is 2. The van der Waals surface area contributed by atoms with Gasteiger partial charge >= 0.3 is 11.9 Å². The van der Waals surface area contributed by atoms with Crippen LogP contribution in [0.2, 0.25) is 0 Å². The fourth-order valence-corrected chi connectivity index (χ4v) is 1.14. The van der Waals surface area contributed by atoms with Gasteiger partial charge in [0.15, 0.2) is 12.2 Å². The van der Waals surface area contributed by atoms with Gasteiger partial charge < -0.3 is 18.9 Å². The summed E-state index contributed by atoms with van der Waals surface area (Å²) >= 11 is 0. The Morgan fingerprint density at radius 2 is 1.19 bits per heavy atom. The van der Waals surface area contributed by atoms with E-state index in [9.17, 15) is 9.59 Å². The summed E-state index contributed by atoms with van der Waals surface area (Å²) in [6.45, 7) is 3.74. The quantitative estimate of drug-likeness (QED) is 0.584. The first-order valence-electron chi connectivity index (χ1n) is 5.01. The Morgan fingerprint density at radius 3 is 1.38 bits per heavy atom. The summed E-state index contributed by atoms with van der Waals surface area (Å²) in [6, 6.07) is 0. The second-order valence-electron chi connectivity index (χ2n) is 2.82. The third kappa shape index (κ3) is 4.16. The van der Waals surface area contributed by atoms with Crippen molar-refractivity contribution in [1.29, 1.82) is 0 Å². The van der Waals surface area contributed by atoms with Crippen LogP contribution in [0.5, 0.6) is 0 Å². The summed E-state index contributed by atoms with van der Waals surface area (Å²) in [5.74, 6) is -1.30. The first-order chi connectivity index (χ1) is 7.62. The minimum Gasteiger partial charge on any atom is -0.464 e. The number of carbonyl (C=O) groups excluding carboxylic acids is 2. The zero-order valence-electron chi connectivity index (χ0n) is 10.0. The van der Waals surface area contributed by atoms with Crippen molar-refractivity contribution >= 4 is 11.9 Å². The zero-order valence-corrected chi connectivity index (χ0v) is 10.0. The van der Waals surface area contributed by atoms with Crippen LogP contribution in [0.1, 0.15) is 13.8 Å². The van der Waals surface area contributed by atoms with Crippen LogP contribution < -0.4 is 0 Å². The highest BCUT2D eigenvalue weighted by molar-refractivity contribution is 5.85. The third-order valence-electron chi connectivity index (χ3n) is 1.82. The molecule has 0 spiro atoms. The zero-order chi connectivity index (χ0) is 12.6. The molecule has 0 fully saturated rings. The van der Waals surface area contributed by atoms with Gasteiger partial charge in [-0.3, -0.25) is 0 Å². The molecule has 94 valence electrons. The fraction of sp³-hybridized carbons (Fsp3) is 0.800. The summed E-state index contributed by atoms with van der Waals surface area (Å²) in [5.41, 5.74) is 0. The Balaban J connectivity index is 4.61. The van der Waals surface area contributed by atoms with E-state index in [2.05, 4.69) is 0 Å². The molecule has 0 amide bonds. The highest BCUT2D eigenvalue weighted by atomic mass is 16.6. The molecule has 2 atom stereocenters. The van der Waals surface area contributed by atoms with Gasteiger partial charge in [-0.25, -0.2) is 9.59 Å². The van der Waals surface area contributed by atoms with Crippen LogP contribution >= 0.6 is 0 Å². The Labute approximate surface area is 94.8 Å². The Morgan fingerprint density at radius 1 is 0.875 bits per heavy atom. The summed E-state index contributed by atoms with van der Waals surface area (Å²) in [4.78, 5) is 22.9. The van der Waals surface area contributed by atoms with Gasteiger partial charge in [-0.1, -0.05) is 0 Å². The van der Waals surface area contributed by atoms with Crippen molar-refractivity contribution in [3.63, 3.8) is 0 Å². The highest BCUT2D eigenvalue weighted by Crippen LogP contribution is 2.07. The van der Waals surface area contributed by atoms with Gasteiger partial charge in [-0.05, 0) is 13.8 Å². The van der Waals surface area contributed by atoms with E-state index in [0.29, 0.717) is 0 Å². The predicted octanol–water partition coefficient (Wildman–Crippen LogP) is 0.143. The number of ether oxygens (including phenoxy) is 4. The summed E-state index contributed by atoms with van der Waals surface area (Å²) < 4.78 is 19.3. The van der Waals surface area contributed by atoms with Crippen LogP contribution in [-0.4, -0.2) is 51.6 Å². The van der Waals surface area contributed by atoms with Crippen molar-refractivity contribution in [2.45, 2.75) is 26.1 Å². The number of carbonyl (C=O) groups is 2. The highest BCUT2D eigenvalue weighted by Gasteiger charge is 2.36. The molecule has 0 rings (SSSR count). The van der Waals surface area contributed by atoms with Gasteiger partial charge in [0.1, 0.15) is 0 Å². The summed E-state index contributed by atoms with van der Waals surface area (Å²) in [6.07, 6.45) is -2.21. The SMILES string of the molecule is CCOC(=O)[C@H](OC)[C@@H](OC)C(=O)OCC. The molecule has 16 heavy (non-hydrogen) atoms.